The number of aliphatic carboxylic acids is 1. The van der Waals surface area contributed by atoms with E-state index in [1.54, 1.807) is 6.92 Å². The Bertz CT molecular complexity index is 356. The van der Waals surface area contributed by atoms with Gasteiger partial charge in [-0.05, 0) is 25.3 Å². The van der Waals surface area contributed by atoms with Crippen molar-refractivity contribution in [2.45, 2.75) is 45.1 Å². The van der Waals surface area contributed by atoms with E-state index in [0.717, 1.165) is 31.3 Å². The molecule has 0 aromatic carbocycles. The fourth-order valence-corrected chi connectivity index (χ4v) is 2.83. The number of hydrogen-bond acceptors (Lipinski definition) is 2. The Morgan fingerprint density at radius 1 is 1.29 bits per heavy atom. The van der Waals surface area contributed by atoms with Crippen molar-refractivity contribution in [1.82, 2.24) is 4.90 Å². The molecule has 4 nitrogen and oxygen atoms in total. The van der Waals surface area contributed by atoms with Crippen LogP contribution in [0.3, 0.4) is 0 Å². The van der Waals surface area contributed by atoms with E-state index in [1.807, 2.05) is 6.08 Å². The van der Waals surface area contributed by atoms with Crippen molar-refractivity contribution in [3.63, 3.8) is 0 Å². The van der Waals surface area contributed by atoms with Gasteiger partial charge in [-0.2, -0.15) is 0 Å². The molecule has 2 rings (SSSR count). The van der Waals surface area contributed by atoms with Crippen LogP contribution < -0.4 is 0 Å². The van der Waals surface area contributed by atoms with Crippen molar-refractivity contribution >= 4 is 11.9 Å². The molecule has 1 atom stereocenters. The van der Waals surface area contributed by atoms with Crippen LogP contribution in [0.5, 0.6) is 0 Å². The number of carbonyl (C=O) groups excluding carboxylic acids is 1. The number of rotatable bonds is 2. The highest BCUT2D eigenvalue weighted by Gasteiger charge is 2.37. The maximum absolute atomic E-state index is 12.3. The number of carbonyl (C=O) groups is 2. The average molecular weight is 237 g/mol. The molecular formula is C13H19NO3. The molecule has 2 aliphatic rings. The van der Waals surface area contributed by atoms with E-state index in [0.29, 0.717) is 6.54 Å². The van der Waals surface area contributed by atoms with Crippen LogP contribution in [0.2, 0.25) is 0 Å². The molecule has 0 aromatic heterocycles. The van der Waals surface area contributed by atoms with Crippen molar-refractivity contribution in [2.24, 2.45) is 5.92 Å². The van der Waals surface area contributed by atoms with E-state index in [9.17, 15) is 9.59 Å². The second kappa shape index (κ2) is 4.90. The first kappa shape index (κ1) is 12.1. The van der Waals surface area contributed by atoms with Crippen LogP contribution in [0.25, 0.3) is 0 Å². The monoisotopic (exact) mass is 237 g/mol. The molecule has 0 bridgehead atoms. The topological polar surface area (TPSA) is 57.6 Å². The van der Waals surface area contributed by atoms with Crippen molar-refractivity contribution in [1.29, 1.82) is 0 Å². The second-order valence-corrected chi connectivity index (χ2v) is 5.01. The molecule has 94 valence electrons. The normalized spacial score (nSPS) is 25.8. The van der Waals surface area contributed by atoms with E-state index < -0.39 is 12.0 Å². The van der Waals surface area contributed by atoms with Gasteiger partial charge in [0.05, 0.1) is 0 Å². The quantitative estimate of drug-likeness (QED) is 0.745. The molecule has 1 saturated carbocycles. The minimum absolute atomic E-state index is 0.0326. The predicted molar refractivity (Wildman–Crippen MR) is 63.5 cm³/mol. The molecule has 17 heavy (non-hydrogen) atoms. The number of nitrogens with zero attached hydrogens (tertiary/aromatic N) is 1. The van der Waals surface area contributed by atoms with Gasteiger partial charge in [-0.15, -0.1) is 0 Å². The summed E-state index contributed by atoms with van der Waals surface area (Å²) in [5.41, 5.74) is 0.779. The number of carboxylic acids is 1. The molecule has 0 saturated heterocycles. The molecule has 1 aliphatic carbocycles. The third-order valence-electron chi connectivity index (χ3n) is 3.82. The van der Waals surface area contributed by atoms with E-state index in [4.69, 9.17) is 5.11 Å². The molecule has 0 aromatic rings. The third kappa shape index (κ3) is 2.35. The second-order valence-electron chi connectivity index (χ2n) is 5.01. The number of amides is 1. The predicted octanol–water partition coefficient (Wildman–Crippen LogP) is 1.81. The Labute approximate surface area is 101 Å². The lowest BCUT2D eigenvalue weighted by Crippen LogP contribution is -2.45. The summed E-state index contributed by atoms with van der Waals surface area (Å²) < 4.78 is 0. The molecule has 1 heterocycles. The lowest BCUT2D eigenvalue weighted by atomic mass is 9.88. The molecule has 1 N–H and O–H groups in total. The van der Waals surface area contributed by atoms with Gasteiger partial charge in [0, 0.05) is 12.5 Å². The molecule has 1 amide bonds. The molecule has 0 spiro atoms. The first-order valence-corrected chi connectivity index (χ1v) is 6.31. The van der Waals surface area contributed by atoms with Crippen LogP contribution in [0.15, 0.2) is 11.6 Å². The summed E-state index contributed by atoms with van der Waals surface area (Å²) in [5.74, 6) is -0.837. The Kier molecular flexibility index (Phi) is 3.50. The van der Waals surface area contributed by atoms with Gasteiger partial charge in [-0.1, -0.05) is 25.3 Å². The maximum Gasteiger partial charge on any atom is 0.330 e. The largest absolute Gasteiger partial charge is 0.479 e. The van der Waals surface area contributed by atoms with E-state index in [-0.39, 0.29) is 11.8 Å². The summed E-state index contributed by atoms with van der Waals surface area (Å²) in [6.45, 7) is 2.24. The summed E-state index contributed by atoms with van der Waals surface area (Å²) in [7, 11) is 0. The van der Waals surface area contributed by atoms with E-state index in [1.165, 1.54) is 11.3 Å². The lowest BCUT2D eigenvalue weighted by molar-refractivity contribution is -0.149. The molecule has 4 heteroatoms. The SMILES string of the molecule is CC1=CCN(C(=O)C2CCCCC2)C1C(=O)O. The van der Waals surface area contributed by atoms with Gasteiger partial charge < -0.3 is 10.0 Å². The maximum atomic E-state index is 12.3. The molecule has 1 unspecified atom stereocenters. The zero-order chi connectivity index (χ0) is 12.4. The van der Waals surface area contributed by atoms with Crippen LogP contribution in [0.1, 0.15) is 39.0 Å². The average Bonchev–Trinajstić information content (AvgIpc) is 2.71. The van der Waals surface area contributed by atoms with Gasteiger partial charge in [0.25, 0.3) is 0 Å². The molecular weight excluding hydrogens is 218 g/mol. The van der Waals surface area contributed by atoms with Gasteiger partial charge in [0.2, 0.25) is 5.91 Å². The lowest BCUT2D eigenvalue weighted by Gasteiger charge is -2.29. The van der Waals surface area contributed by atoms with Crippen molar-refractivity contribution < 1.29 is 14.7 Å². The fraction of sp³-hybridized carbons (Fsp3) is 0.692. The van der Waals surface area contributed by atoms with Gasteiger partial charge in [-0.3, -0.25) is 4.79 Å². The van der Waals surface area contributed by atoms with E-state index >= 15 is 0 Å². The Balaban J connectivity index is 2.06. The van der Waals surface area contributed by atoms with Crippen LogP contribution >= 0.6 is 0 Å². The Hall–Kier alpha value is -1.32. The summed E-state index contributed by atoms with van der Waals surface area (Å²) >= 11 is 0. The van der Waals surface area contributed by atoms with Gasteiger partial charge in [0.1, 0.15) is 0 Å². The van der Waals surface area contributed by atoms with E-state index in [2.05, 4.69) is 0 Å². The number of carboxylic acid groups (broad SMARTS) is 1. The standard InChI is InChI=1S/C13H19NO3/c1-9-7-8-14(11(9)13(16)17)12(15)10-5-3-2-4-6-10/h7,10-11H,2-6,8H2,1H3,(H,16,17). The highest BCUT2D eigenvalue weighted by Crippen LogP contribution is 2.28. The zero-order valence-corrected chi connectivity index (χ0v) is 10.2. The van der Waals surface area contributed by atoms with Gasteiger partial charge >= 0.3 is 5.97 Å². The summed E-state index contributed by atoms with van der Waals surface area (Å²) in [6, 6.07) is -0.732. The van der Waals surface area contributed by atoms with Crippen LogP contribution in [-0.4, -0.2) is 34.5 Å². The Morgan fingerprint density at radius 2 is 1.94 bits per heavy atom. The smallest absolute Gasteiger partial charge is 0.330 e. The molecule has 0 radical (unpaired) electrons. The third-order valence-corrected chi connectivity index (χ3v) is 3.82. The minimum atomic E-state index is -0.916. The molecule has 1 aliphatic heterocycles. The van der Waals surface area contributed by atoms with Gasteiger partial charge in [-0.25, -0.2) is 4.79 Å². The van der Waals surface area contributed by atoms with Crippen molar-refractivity contribution in [3.05, 3.63) is 11.6 Å². The zero-order valence-electron chi connectivity index (χ0n) is 10.2. The van der Waals surface area contributed by atoms with Crippen molar-refractivity contribution in [3.8, 4) is 0 Å². The first-order valence-electron chi connectivity index (χ1n) is 6.31. The summed E-state index contributed by atoms with van der Waals surface area (Å²) in [4.78, 5) is 25.0. The number of hydrogen-bond donors (Lipinski definition) is 1. The Morgan fingerprint density at radius 3 is 2.53 bits per heavy atom. The summed E-state index contributed by atoms with van der Waals surface area (Å²) in [6.07, 6.45) is 7.06. The fourth-order valence-electron chi connectivity index (χ4n) is 2.83. The van der Waals surface area contributed by atoms with Crippen LogP contribution in [0, 0.1) is 5.92 Å². The van der Waals surface area contributed by atoms with Gasteiger partial charge in [0.15, 0.2) is 6.04 Å². The summed E-state index contributed by atoms with van der Waals surface area (Å²) in [5, 5.41) is 9.17. The minimum Gasteiger partial charge on any atom is -0.479 e. The van der Waals surface area contributed by atoms with Crippen molar-refractivity contribution in [2.75, 3.05) is 6.54 Å². The van der Waals surface area contributed by atoms with Crippen LogP contribution in [-0.2, 0) is 9.59 Å². The highest BCUT2D eigenvalue weighted by atomic mass is 16.4. The first-order chi connectivity index (χ1) is 8.11. The highest BCUT2D eigenvalue weighted by molar-refractivity contribution is 5.88. The molecule has 1 fully saturated rings. The van der Waals surface area contributed by atoms with Crippen LogP contribution in [0.4, 0.5) is 0 Å².